The lowest BCUT2D eigenvalue weighted by Gasteiger charge is -2.44. The molecule has 5 aromatic rings. The Morgan fingerprint density at radius 1 is 0.813 bits per heavy atom. The zero-order chi connectivity index (χ0) is 65.7. The molecule has 5 atom stereocenters. The van der Waals surface area contributed by atoms with Crippen LogP contribution in [0.1, 0.15) is 81.1 Å². The van der Waals surface area contributed by atoms with Gasteiger partial charge in [0.1, 0.15) is 30.3 Å². The first-order valence-corrected chi connectivity index (χ1v) is 31.1. The molecule has 0 bridgehead atoms. The molecule has 3 aliphatic rings. The molecule has 0 radical (unpaired) electrons. The van der Waals surface area contributed by atoms with Gasteiger partial charge in [-0.3, -0.25) is 38.5 Å². The number of hydrogen-bond donors (Lipinski definition) is 6. The summed E-state index contributed by atoms with van der Waals surface area (Å²) in [5.41, 5.74) is 1.31. The van der Waals surface area contributed by atoms with Crippen molar-refractivity contribution in [3.05, 3.63) is 111 Å². The molecule has 0 aliphatic carbocycles. The minimum atomic E-state index is -5.01. The van der Waals surface area contributed by atoms with Gasteiger partial charge in [-0.15, -0.1) is 11.3 Å². The smallest absolute Gasteiger partial charge is 0.391 e. The van der Waals surface area contributed by atoms with E-state index in [4.69, 9.17) is 14.2 Å². The summed E-state index contributed by atoms with van der Waals surface area (Å²) in [6.45, 7) is 14.6. The molecule has 6 N–H and O–H groups in total. The van der Waals surface area contributed by atoms with Gasteiger partial charge in [0.05, 0.1) is 77.7 Å². The molecule has 3 fully saturated rings. The molecule has 28 heteroatoms. The Bertz CT molecular complexity index is 3400. The number of β-amino-alcohol motifs (C(OH)–C–C–N with tert-alkyl or cyclic N) is 1. The van der Waals surface area contributed by atoms with Crippen LogP contribution in [0, 0.1) is 18.2 Å². The SMILES string of the molecule is Cc1ncsc1-c1ccc(CNC(=O)[C@@H]2C[C@@H](O)CN2C(=O)C(NC(=O)COCCOCCOCCNC(=O)CCC(=O)N2CCN(c3ccc(-c4cc(NC(=O)c5c[nH]c(=O)cc5C(F)(F)F)c(N5C[C@@H](C)N(C)[C@@H](C)C5)cc4F)cn3)CC2)C(C)(C)C)cc1. The fourth-order valence-electron chi connectivity index (χ4n) is 11.1. The van der Waals surface area contributed by atoms with Crippen LogP contribution in [-0.2, 0) is 50.9 Å². The number of amides is 6. The lowest BCUT2D eigenvalue weighted by Crippen LogP contribution is -2.58. The summed E-state index contributed by atoms with van der Waals surface area (Å²) in [7, 11) is 1.96. The summed E-state index contributed by atoms with van der Waals surface area (Å²) in [5, 5.41) is 21.5. The van der Waals surface area contributed by atoms with Gasteiger partial charge in [0, 0.05) is 120 Å². The number of aromatic amines is 1. The number of aromatic nitrogens is 3. The summed E-state index contributed by atoms with van der Waals surface area (Å²) >= 11 is 1.55. The Kier molecular flexibility index (Phi) is 23.5. The number of rotatable bonds is 25. The number of carbonyl (C=O) groups is 6. The summed E-state index contributed by atoms with van der Waals surface area (Å²) in [5.74, 6) is -3.19. The third kappa shape index (κ3) is 18.4. The highest BCUT2D eigenvalue weighted by molar-refractivity contribution is 7.13. The van der Waals surface area contributed by atoms with Crippen molar-refractivity contribution in [1.82, 2.24) is 45.6 Å². The van der Waals surface area contributed by atoms with Crippen LogP contribution >= 0.6 is 11.3 Å². The summed E-state index contributed by atoms with van der Waals surface area (Å²) in [4.78, 5) is 113. The fraction of sp³-hybridized carbons (Fsp3) is 0.508. The van der Waals surface area contributed by atoms with Crippen molar-refractivity contribution in [3.8, 4) is 21.6 Å². The van der Waals surface area contributed by atoms with Crippen LogP contribution in [0.25, 0.3) is 21.6 Å². The molecule has 23 nitrogen and oxygen atoms in total. The van der Waals surface area contributed by atoms with Gasteiger partial charge in [0.15, 0.2) is 0 Å². The standard InChI is InChI=1S/C63H80F4N12O11S/c1-38-33-78(34-39(2)75(38)7)50-29-48(64)45(27-49(50)73-59(85)46-32-70-54(82)28-47(46)63(65,66)67)43-12-13-52(69-31-43)76-17-19-77(20-18-76)56(84)15-14-53(81)68-16-21-88-22-23-89-24-25-90-36-55(83)74-58(62(4,5)6)61(87)79-35-44(80)26-51(79)60(86)71-30-41-8-10-42(11-9-41)57-40(3)72-37-91-57/h8-13,27-29,31-32,37-39,44,51,58,80H,14-26,30,33-36H2,1-7H3,(H,68,81)(H,70,82)(H,71,86)(H,73,85)(H,74,83)/t38-,39+,44-,51+,58?/m1/s1. The van der Waals surface area contributed by atoms with E-state index in [0.29, 0.717) is 62.9 Å². The van der Waals surface area contributed by atoms with Gasteiger partial charge in [-0.2, -0.15) is 13.2 Å². The highest BCUT2D eigenvalue weighted by Gasteiger charge is 2.45. The van der Waals surface area contributed by atoms with E-state index in [0.717, 1.165) is 21.7 Å². The predicted molar refractivity (Wildman–Crippen MR) is 334 cm³/mol. The van der Waals surface area contributed by atoms with Gasteiger partial charge in [0.25, 0.3) is 5.91 Å². The molecule has 91 heavy (non-hydrogen) atoms. The van der Waals surface area contributed by atoms with E-state index < -0.39 is 75.9 Å². The normalized spacial score (nSPS) is 18.5. The van der Waals surface area contributed by atoms with Crippen molar-refractivity contribution >= 4 is 64.0 Å². The number of aliphatic hydroxyl groups excluding tert-OH is 1. The number of carbonyl (C=O) groups excluding carboxylic acids is 6. The number of hydrogen-bond acceptors (Lipinski definition) is 17. The molecule has 492 valence electrons. The molecule has 6 heterocycles. The number of likely N-dealkylation sites (tertiary alicyclic amines) is 1. The van der Waals surface area contributed by atoms with E-state index in [9.17, 15) is 51.8 Å². The average Bonchev–Trinajstić information content (AvgIpc) is 1.33. The van der Waals surface area contributed by atoms with Gasteiger partial charge >= 0.3 is 6.18 Å². The van der Waals surface area contributed by atoms with Gasteiger partial charge in [-0.1, -0.05) is 45.0 Å². The van der Waals surface area contributed by atoms with E-state index in [-0.39, 0.29) is 119 Å². The molecule has 0 saturated carbocycles. The Morgan fingerprint density at radius 2 is 1.48 bits per heavy atom. The van der Waals surface area contributed by atoms with E-state index in [1.807, 2.05) is 61.9 Å². The van der Waals surface area contributed by atoms with Gasteiger partial charge < -0.3 is 65.2 Å². The van der Waals surface area contributed by atoms with Gasteiger partial charge in [0.2, 0.25) is 35.1 Å². The van der Waals surface area contributed by atoms with E-state index in [2.05, 4.69) is 41.1 Å². The second-order valence-corrected chi connectivity index (χ2v) is 24.9. The zero-order valence-electron chi connectivity index (χ0n) is 52.1. The molecule has 1 unspecified atom stereocenters. The number of aliphatic hydroxyl groups is 1. The molecule has 3 aromatic heterocycles. The number of anilines is 3. The number of H-pyrrole nitrogens is 1. The number of ether oxygens (including phenoxy) is 3. The Balaban J connectivity index is 0.696. The minimum absolute atomic E-state index is 0.00259. The number of pyridine rings is 2. The topological polar surface area (TPSA) is 273 Å². The van der Waals surface area contributed by atoms with Crippen LogP contribution in [0.3, 0.4) is 0 Å². The van der Waals surface area contributed by atoms with Crippen molar-refractivity contribution in [1.29, 1.82) is 0 Å². The Labute approximate surface area is 529 Å². The number of likely N-dealkylation sites (N-methyl/N-ethyl adjacent to an activating group) is 1. The highest BCUT2D eigenvalue weighted by atomic mass is 32.1. The lowest BCUT2D eigenvalue weighted by atomic mass is 9.85. The second-order valence-electron chi connectivity index (χ2n) is 24.0. The second kappa shape index (κ2) is 31.0. The van der Waals surface area contributed by atoms with Crippen molar-refractivity contribution in [2.75, 3.05) is 114 Å². The maximum Gasteiger partial charge on any atom is 0.417 e. The first-order chi connectivity index (χ1) is 43.2. The van der Waals surface area contributed by atoms with Crippen LogP contribution in [-0.4, -0.2) is 200 Å². The third-order valence-electron chi connectivity index (χ3n) is 16.3. The molecular weight excluding hydrogens is 1210 g/mol. The fourth-order valence-corrected chi connectivity index (χ4v) is 11.9. The van der Waals surface area contributed by atoms with Crippen LogP contribution in [0.5, 0.6) is 0 Å². The van der Waals surface area contributed by atoms with Crippen LogP contribution < -0.4 is 36.6 Å². The average molecular weight is 1290 g/mol. The first-order valence-electron chi connectivity index (χ1n) is 30.2. The number of alkyl halides is 3. The largest absolute Gasteiger partial charge is 0.417 e. The van der Waals surface area contributed by atoms with Crippen molar-refractivity contribution in [2.45, 2.75) is 104 Å². The van der Waals surface area contributed by atoms with Crippen molar-refractivity contribution < 1.29 is 65.6 Å². The summed E-state index contributed by atoms with van der Waals surface area (Å²) < 4.78 is 74.8. The number of halogens is 4. The zero-order valence-corrected chi connectivity index (χ0v) is 52.9. The number of benzene rings is 2. The van der Waals surface area contributed by atoms with E-state index in [1.54, 1.807) is 54.7 Å². The number of nitrogens with zero attached hydrogens (tertiary/aromatic N) is 7. The number of piperazine rings is 2. The molecule has 0 spiro atoms. The third-order valence-corrected chi connectivity index (χ3v) is 17.3. The Morgan fingerprint density at radius 3 is 2.12 bits per heavy atom. The van der Waals surface area contributed by atoms with Crippen molar-refractivity contribution in [3.63, 3.8) is 0 Å². The molecule has 2 aromatic carbocycles. The highest BCUT2D eigenvalue weighted by Crippen LogP contribution is 2.38. The van der Waals surface area contributed by atoms with Crippen LogP contribution in [0.4, 0.5) is 34.8 Å². The van der Waals surface area contributed by atoms with Gasteiger partial charge in [-0.25, -0.2) is 14.4 Å². The van der Waals surface area contributed by atoms with Gasteiger partial charge in [-0.05, 0) is 68.6 Å². The van der Waals surface area contributed by atoms with E-state index in [1.165, 1.54) is 23.2 Å². The number of thiazole rings is 1. The van der Waals surface area contributed by atoms with Crippen LogP contribution in [0.15, 0.2) is 77.3 Å². The number of aryl methyl sites for hydroxylation is 1. The lowest BCUT2D eigenvalue weighted by molar-refractivity contribution is -0.144. The monoisotopic (exact) mass is 1290 g/mol. The Hall–Kier alpha value is -7.89. The molecular formula is C63H80F4N12O11S. The van der Waals surface area contributed by atoms with Crippen molar-refractivity contribution in [2.24, 2.45) is 5.41 Å². The maximum absolute atomic E-state index is 16.2. The minimum Gasteiger partial charge on any atom is -0.391 e. The predicted octanol–water partition coefficient (Wildman–Crippen LogP) is 5.21. The molecule has 6 amide bonds. The maximum atomic E-state index is 16.2. The quantitative estimate of drug-likeness (QED) is 0.0323. The first kappa shape index (κ1) is 69.0. The molecule has 3 saturated heterocycles. The van der Waals surface area contributed by atoms with Crippen LogP contribution in [0.2, 0.25) is 0 Å². The van der Waals surface area contributed by atoms with E-state index >= 15 is 4.39 Å². The molecule has 3 aliphatic heterocycles. The number of nitrogens with one attached hydrogen (secondary N) is 5. The summed E-state index contributed by atoms with van der Waals surface area (Å²) in [6.07, 6.45) is -3.73. The summed E-state index contributed by atoms with van der Waals surface area (Å²) in [6, 6.07) is 12.1. The molecule has 8 rings (SSSR count).